The molecule has 1 rings (SSSR count). The van der Waals surface area contributed by atoms with E-state index in [0.29, 0.717) is 5.69 Å². The minimum Gasteiger partial charge on any atom is -0.383 e. The number of nitrogens with one attached hydrogen (secondary N) is 1. The first-order valence-corrected chi connectivity index (χ1v) is 5.10. The van der Waals surface area contributed by atoms with Crippen molar-refractivity contribution in [1.82, 2.24) is 4.98 Å². The van der Waals surface area contributed by atoms with E-state index in [1.54, 1.807) is 12.3 Å². The number of anilines is 1. The van der Waals surface area contributed by atoms with Crippen LogP contribution in [0, 0.1) is 6.92 Å². The van der Waals surface area contributed by atoms with Crippen LogP contribution in [-0.2, 0) is 9.53 Å². The fraction of sp³-hybridized carbons (Fsp3) is 0.400. The first kappa shape index (κ1) is 12.9. The van der Waals surface area contributed by atoms with Gasteiger partial charge in [-0.05, 0) is 18.6 Å². The smallest absolute Gasteiger partial charge is 0.243 e. The summed E-state index contributed by atoms with van der Waals surface area (Å²) in [4.78, 5) is 15.5. The number of amides is 1. The molecule has 3 N–H and O–H groups in total. The molecule has 1 heterocycles. The number of ether oxygens (including phenoxy) is 1. The third-order valence-electron chi connectivity index (χ3n) is 2.04. The van der Waals surface area contributed by atoms with Crippen molar-refractivity contribution < 1.29 is 9.53 Å². The standard InChI is InChI=1S/C10H14ClN3O2/c1-6-3-4-13-9(11)8(6)14-10(15)7(12)5-16-2/h3-4,7H,5,12H2,1-2H3,(H,14,15). The number of nitrogens with zero attached hydrogens (tertiary/aromatic N) is 1. The number of rotatable bonds is 4. The van der Waals surface area contributed by atoms with Gasteiger partial charge in [-0.3, -0.25) is 4.79 Å². The second-order valence-electron chi connectivity index (χ2n) is 3.34. The number of halogens is 1. The zero-order chi connectivity index (χ0) is 12.1. The average molecular weight is 244 g/mol. The van der Waals surface area contributed by atoms with Gasteiger partial charge in [-0.15, -0.1) is 0 Å². The van der Waals surface area contributed by atoms with Crippen LogP contribution < -0.4 is 11.1 Å². The fourth-order valence-electron chi connectivity index (χ4n) is 1.15. The summed E-state index contributed by atoms with van der Waals surface area (Å²) in [6.45, 7) is 1.98. The Balaban J connectivity index is 2.77. The van der Waals surface area contributed by atoms with E-state index in [9.17, 15) is 4.79 Å². The van der Waals surface area contributed by atoms with Crippen molar-refractivity contribution >= 4 is 23.2 Å². The summed E-state index contributed by atoms with van der Waals surface area (Å²) in [5.74, 6) is -0.347. The van der Waals surface area contributed by atoms with E-state index in [2.05, 4.69) is 10.3 Å². The molecule has 1 aromatic heterocycles. The Hall–Kier alpha value is -1.17. The Morgan fingerprint density at radius 2 is 2.44 bits per heavy atom. The van der Waals surface area contributed by atoms with Gasteiger partial charge in [0.1, 0.15) is 6.04 Å². The number of pyridine rings is 1. The molecule has 1 atom stereocenters. The van der Waals surface area contributed by atoms with Crippen molar-refractivity contribution in [2.24, 2.45) is 5.73 Å². The maximum Gasteiger partial charge on any atom is 0.243 e. The average Bonchev–Trinajstić information content (AvgIpc) is 2.23. The summed E-state index contributed by atoms with van der Waals surface area (Å²) in [5.41, 5.74) is 6.89. The SMILES string of the molecule is COCC(N)C(=O)Nc1c(C)ccnc1Cl. The van der Waals surface area contributed by atoms with Crippen LogP contribution in [0.25, 0.3) is 0 Å². The molecule has 0 radical (unpaired) electrons. The number of nitrogens with two attached hydrogens (primary N) is 1. The molecule has 6 heteroatoms. The Bertz CT molecular complexity index is 364. The summed E-state index contributed by atoms with van der Waals surface area (Å²) in [6, 6.07) is 1.03. The van der Waals surface area contributed by atoms with E-state index < -0.39 is 6.04 Å². The highest BCUT2D eigenvalue weighted by Crippen LogP contribution is 2.22. The zero-order valence-corrected chi connectivity index (χ0v) is 9.91. The predicted molar refractivity (Wildman–Crippen MR) is 62.5 cm³/mol. The van der Waals surface area contributed by atoms with Crippen LogP contribution in [0.3, 0.4) is 0 Å². The van der Waals surface area contributed by atoms with Crippen molar-refractivity contribution in [2.75, 3.05) is 19.0 Å². The maximum atomic E-state index is 11.6. The van der Waals surface area contributed by atoms with Gasteiger partial charge in [0, 0.05) is 13.3 Å². The number of carbonyl (C=O) groups is 1. The molecule has 1 aromatic rings. The van der Waals surface area contributed by atoms with Crippen molar-refractivity contribution in [3.8, 4) is 0 Å². The second kappa shape index (κ2) is 5.79. The highest BCUT2D eigenvalue weighted by Gasteiger charge is 2.15. The molecule has 0 aliphatic heterocycles. The third-order valence-corrected chi connectivity index (χ3v) is 2.33. The van der Waals surface area contributed by atoms with Gasteiger partial charge in [0.05, 0.1) is 12.3 Å². The maximum absolute atomic E-state index is 11.6. The van der Waals surface area contributed by atoms with E-state index >= 15 is 0 Å². The Labute approximate surface area is 98.9 Å². The predicted octanol–water partition coefficient (Wildman–Crippen LogP) is 0.956. The molecule has 0 aliphatic carbocycles. The van der Waals surface area contributed by atoms with Gasteiger partial charge in [0.15, 0.2) is 5.15 Å². The molecule has 88 valence electrons. The zero-order valence-electron chi connectivity index (χ0n) is 9.16. The molecule has 0 saturated carbocycles. The Morgan fingerprint density at radius 1 is 1.75 bits per heavy atom. The van der Waals surface area contributed by atoms with E-state index in [1.807, 2.05) is 6.92 Å². The number of hydrogen-bond donors (Lipinski definition) is 2. The largest absolute Gasteiger partial charge is 0.383 e. The molecular weight excluding hydrogens is 230 g/mol. The van der Waals surface area contributed by atoms with E-state index in [-0.39, 0.29) is 17.7 Å². The van der Waals surface area contributed by atoms with E-state index in [1.165, 1.54) is 7.11 Å². The highest BCUT2D eigenvalue weighted by molar-refractivity contribution is 6.32. The number of aryl methyl sites for hydroxylation is 1. The Morgan fingerprint density at radius 3 is 3.00 bits per heavy atom. The number of hydrogen-bond acceptors (Lipinski definition) is 4. The van der Waals surface area contributed by atoms with Crippen LogP contribution in [0.5, 0.6) is 0 Å². The van der Waals surface area contributed by atoms with Crippen molar-refractivity contribution in [2.45, 2.75) is 13.0 Å². The molecule has 5 nitrogen and oxygen atoms in total. The lowest BCUT2D eigenvalue weighted by atomic mass is 10.2. The van der Waals surface area contributed by atoms with Gasteiger partial charge in [-0.25, -0.2) is 4.98 Å². The molecule has 16 heavy (non-hydrogen) atoms. The molecule has 0 spiro atoms. The first-order valence-electron chi connectivity index (χ1n) is 4.72. The van der Waals surface area contributed by atoms with Gasteiger partial charge in [0.2, 0.25) is 5.91 Å². The Kier molecular flexibility index (Phi) is 4.67. The van der Waals surface area contributed by atoms with E-state index in [0.717, 1.165) is 5.56 Å². The lowest BCUT2D eigenvalue weighted by Crippen LogP contribution is -2.39. The minimum absolute atomic E-state index is 0.156. The van der Waals surface area contributed by atoms with Gasteiger partial charge < -0.3 is 15.8 Å². The monoisotopic (exact) mass is 243 g/mol. The van der Waals surface area contributed by atoms with Crippen LogP contribution in [0.4, 0.5) is 5.69 Å². The van der Waals surface area contributed by atoms with Crippen molar-refractivity contribution in [3.63, 3.8) is 0 Å². The quantitative estimate of drug-likeness (QED) is 0.772. The third kappa shape index (κ3) is 3.16. The van der Waals surface area contributed by atoms with Gasteiger partial charge in [-0.2, -0.15) is 0 Å². The molecule has 0 fully saturated rings. The van der Waals surface area contributed by atoms with Gasteiger partial charge >= 0.3 is 0 Å². The van der Waals surface area contributed by atoms with Gasteiger partial charge in [0.25, 0.3) is 0 Å². The van der Waals surface area contributed by atoms with E-state index in [4.69, 9.17) is 22.1 Å². The normalized spacial score (nSPS) is 12.2. The lowest BCUT2D eigenvalue weighted by molar-refractivity contribution is -0.118. The first-order chi connectivity index (χ1) is 7.56. The van der Waals surface area contributed by atoms with Crippen molar-refractivity contribution in [1.29, 1.82) is 0 Å². The van der Waals surface area contributed by atoms with Crippen LogP contribution in [0.15, 0.2) is 12.3 Å². The highest BCUT2D eigenvalue weighted by atomic mass is 35.5. The minimum atomic E-state index is -0.722. The summed E-state index contributed by atoms with van der Waals surface area (Å²) in [5, 5.41) is 2.87. The van der Waals surface area contributed by atoms with Crippen LogP contribution in [0.2, 0.25) is 5.15 Å². The van der Waals surface area contributed by atoms with Gasteiger partial charge in [-0.1, -0.05) is 11.6 Å². The lowest BCUT2D eigenvalue weighted by Gasteiger charge is -2.13. The van der Waals surface area contributed by atoms with Crippen LogP contribution >= 0.6 is 11.6 Å². The number of methoxy groups -OCH3 is 1. The van der Waals surface area contributed by atoms with Crippen LogP contribution in [0.1, 0.15) is 5.56 Å². The molecule has 1 amide bonds. The van der Waals surface area contributed by atoms with Crippen LogP contribution in [-0.4, -0.2) is 30.6 Å². The fourth-order valence-corrected chi connectivity index (χ4v) is 1.40. The van der Waals surface area contributed by atoms with Crippen molar-refractivity contribution in [3.05, 3.63) is 23.0 Å². The topological polar surface area (TPSA) is 77.2 Å². The summed E-state index contributed by atoms with van der Waals surface area (Å²) in [6.07, 6.45) is 1.57. The summed E-state index contributed by atoms with van der Waals surface area (Å²) in [7, 11) is 1.48. The molecule has 0 saturated heterocycles. The summed E-state index contributed by atoms with van der Waals surface area (Å²) < 4.78 is 4.79. The molecular formula is C10H14ClN3O2. The number of carbonyl (C=O) groups excluding carboxylic acids is 1. The second-order valence-corrected chi connectivity index (χ2v) is 3.70. The molecule has 0 bridgehead atoms. The summed E-state index contributed by atoms with van der Waals surface area (Å²) >= 11 is 5.86. The number of aromatic nitrogens is 1. The molecule has 0 aliphatic rings. The molecule has 1 unspecified atom stereocenters. The molecule has 0 aromatic carbocycles.